The van der Waals surface area contributed by atoms with Gasteiger partial charge in [0, 0.05) is 12.2 Å². The standard InChI is InChI=1S/C10H13N3O2/c1-2-6(11)8(14)10-13-9-7(15-10)4-3-5-12-9/h3-6,8,14H,2,11H2,1H3/t6?,8-/m0/s1. The normalized spacial score (nSPS) is 15.4. The van der Waals surface area contributed by atoms with Gasteiger partial charge in [0.1, 0.15) is 6.10 Å². The monoisotopic (exact) mass is 207 g/mol. The van der Waals surface area contributed by atoms with Crippen molar-refractivity contribution in [2.24, 2.45) is 5.73 Å². The number of aromatic nitrogens is 2. The number of aliphatic hydroxyl groups is 1. The van der Waals surface area contributed by atoms with Crippen LogP contribution >= 0.6 is 0 Å². The molecule has 0 bridgehead atoms. The van der Waals surface area contributed by atoms with Gasteiger partial charge in [0.05, 0.1) is 0 Å². The molecule has 80 valence electrons. The minimum atomic E-state index is -0.871. The van der Waals surface area contributed by atoms with Crippen LogP contribution in [-0.4, -0.2) is 21.1 Å². The average Bonchev–Trinajstić information content (AvgIpc) is 2.70. The third-order valence-electron chi connectivity index (χ3n) is 2.31. The number of oxazole rings is 1. The largest absolute Gasteiger partial charge is 0.436 e. The van der Waals surface area contributed by atoms with Crippen molar-refractivity contribution in [2.45, 2.75) is 25.5 Å². The molecule has 0 spiro atoms. The first-order chi connectivity index (χ1) is 7.22. The second-order valence-corrected chi connectivity index (χ2v) is 3.39. The first-order valence-corrected chi connectivity index (χ1v) is 4.87. The van der Waals surface area contributed by atoms with E-state index in [2.05, 4.69) is 9.97 Å². The van der Waals surface area contributed by atoms with Gasteiger partial charge in [-0.15, -0.1) is 0 Å². The van der Waals surface area contributed by atoms with Crippen LogP contribution in [0.5, 0.6) is 0 Å². The molecular weight excluding hydrogens is 194 g/mol. The number of rotatable bonds is 3. The molecule has 0 aliphatic rings. The van der Waals surface area contributed by atoms with Gasteiger partial charge < -0.3 is 15.3 Å². The summed E-state index contributed by atoms with van der Waals surface area (Å²) in [6.07, 6.45) is 1.41. The Morgan fingerprint density at radius 1 is 1.60 bits per heavy atom. The number of aliphatic hydroxyl groups excluding tert-OH is 1. The molecule has 1 unspecified atom stereocenters. The van der Waals surface area contributed by atoms with E-state index < -0.39 is 6.10 Å². The number of hydrogen-bond acceptors (Lipinski definition) is 5. The molecule has 2 heterocycles. The van der Waals surface area contributed by atoms with Gasteiger partial charge in [0.15, 0.2) is 11.2 Å². The number of pyridine rings is 1. The van der Waals surface area contributed by atoms with Gasteiger partial charge >= 0.3 is 0 Å². The zero-order chi connectivity index (χ0) is 10.8. The predicted octanol–water partition coefficient (Wildman–Crippen LogP) is 0.993. The fraction of sp³-hybridized carbons (Fsp3) is 0.400. The van der Waals surface area contributed by atoms with E-state index in [4.69, 9.17) is 10.2 Å². The van der Waals surface area contributed by atoms with E-state index in [1.807, 2.05) is 6.92 Å². The van der Waals surface area contributed by atoms with Crippen LogP contribution in [0.15, 0.2) is 22.7 Å². The number of nitrogens with two attached hydrogens (primary N) is 1. The molecule has 5 heteroatoms. The molecule has 5 nitrogen and oxygen atoms in total. The SMILES string of the molecule is CCC(N)[C@H](O)c1nc2ncccc2o1. The molecule has 0 radical (unpaired) electrons. The number of hydrogen-bond donors (Lipinski definition) is 2. The molecule has 0 aliphatic carbocycles. The lowest BCUT2D eigenvalue weighted by molar-refractivity contribution is 0.116. The fourth-order valence-electron chi connectivity index (χ4n) is 1.32. The molecule has 0 aromatic carbocycles. The van der Waals surface area contributed by atoms with Crippen LogP contribution in [0.25, 0.3) is 11.2 Å². The Balaban J connectivity index is 2.36. The molecule has 2 aromatic heterocycles. The first kappa shape index (κ1) is 10.1. The summed E-state index contributed by atoms with van der Waals surface area (Å²) < 4.78 is 5.35. The fourth-order valence-corrected chi connectivity index (χ4v) is 1.32. The van der Waals surface area contributed by atoms with E-state index in [0.717, 1.165) is 0 Å². The first-order valence-electron chi connectivity index (χ1n) is 4.87. The minimum absolute atomic E-state index is 0.234. The van der Waals surface area contributed by atoms with Crippen molar-refractivity contribution >= 4 is 11.2 Å². The van der Waals surface area contributed by atoms with E-state index in [1.165, 1.54) is 0 Å². The second kappa shape index (κ2) is 3.96. The molecule has 3 N–H and O–H groups in total. The van der Waals surface area contributed by atoms with Crippen LogP contribution in [0.1, 0.15) is 25.3 Å². The van der Waals surface area contributed by atoms with Crippen molar-refractivity contribution in [1.29, 1.82) is 0 Å². The zero-order valence-electron chi connectivity index (χ0n) is 8.42. The van der Waals surface area contributed by atoms with Crippen LogP contribution in [0.3, 0.4) is 0 Å². The van der Waals surface area contributed by atoms with E-state index in [9.17, 15) is 5.11 Å². The lowest BCUT2D eigenvalue weighted by Crippen LogP contribution is -2.27. The molecule has 0 saturated carbocycles. The molecule has 2 aromatic rings. The van der Waals surface area contributed by atoms with Crippen molar-refractivity contribution < 1.29 is 9.52 Å². The highest BCUT2D eigenvalue weighted by Crippen LogP contribution is 2.20. The van der Waals surface area contributed by atoms with Crippen molar-refractivity contribution in [3.05, 3.63) is 24.2 Å². The molecule has 0 fully saturated rings. The molecule has 0 saturated heterocycles. The number of fused-ring (bicyclic) bond motifs is 1. The Bertz CT molecular complexity index is 422. The van der Waals surface area contributed by atoms with Crippen molar-refractivity contribution in [3.63, 3.8) is 0 Å². The Hall–Kier alpha value is -1.46. The quantitative estimate of drug-likeness (QED) is 0.784. The van der Waals surface area contributed by atoms with Crippen molar-refractivity contribution in [3.8, 4) is 0 Å². The third kappa shape index (κ3) is 1.84. The lowest BCUT2D eigenvalue weighted by atomic mass is 10.1. The predicted molar refractivity (Wildman–Crippen MR) is 55.0 cm³/mol. The minimum Gasteiger partial charge on any atom is -0.436 e. The van der Waals surface area contributed by atoms with Crippen LogP contribution < -0.4 is 5.73 Å². The molecule has 2 rings (SSSR count). The summed E-state index contributed by atoms with van der Waals surface area (Å²) in [5.41, 5.74) is 6.76. The van der Waals surface area contributed by atoms with Crippen molar-refractivity contribution in [1.82, 2.24) is 9.97 Å². The van der Waals surface area contributed by atoms with Crippen LogP contribution in [0.4, 0.5) is 0 Å². The van der Waals surface area contributed by atoms with E-state index in [1.54, 1.807) is 18.3 Å². The maximum Gasteiger partial charge on any atom is 0.227 e. The second-order valence-electron chi connectivity index (χ2n) is 3.39. The third-order valence-corrected chi connectivity index (χ3v) is 2.31. The molecule has 0 amide bonds. The highest BCUT2D eigenvalue weighted by Gasteiger charge is 2.21. The van der Waals surface area contributed by atoms with Crippen molar-refractivity contribution in [2.75, 3.05) is 0 Å². The van der Waals surface area contributed by atoms with Gasteiger partial charge in [0.2, 0.25) is 5.89 Å². The Labute approximate surface area is 86.9 Å². The average molecular weight is 207 g/mol. The zero-order valence-corrected chi connectivity index (χ0v) is 8.42. The van der Waals surface area contributed by atoms with Gasteiger partial charge in [-0.25, -0.2) is 4.98 Å². The lowest BCUT2D eigenvalue weighted by Gasteiger charge is -2.12. The maximum atomic E-state index is 9.78. The molecule has 2 atom stereocenters. The Kier molecular flexibility index (Phi) is 2.66. The highest BCUT2D eigenvalue weighted by molar-refractivity contribution is 5.66. The Morgan fingerprint density at radius 3 is 3.07 bits per heavy atom. The summed E-state index contributed by atoms with van der Waals surface area (Å²) in [5.74, 6) is 0.234. The van der Waals surface area contributed by atoms with Crippen LogP contribution in [0, 0.1) is 0 Å². The van der Waals surface area contributed by atoms with Gasteiger partial charge in [-0.2, -0.15) is 4.98 Å². The van der Waals surface area contributed by atoms with Gasteiger partial charge in [-0.1, -0.05) is 6.92 Å². The summed E-state index contributed by atoms with van der Waals surface area (Å²) in [6.45, 7) is 1.90. The smallest absolute Gasteiger partial charge is 0.227 e. The number of nitrogens with zero attached hydrogens (tertiary/aromatic N) is 2. The van der Waals surface area contributed by atoms with E-state index in [-0.39, 0.29) is 11.9 Å². The maximum absolute atomic E-state index is 9.78. The van der Waals surface area contributed by atoms with E-state index in [0.29, 0.717) is 17.7 Å². The summed E-state index contributed by atoms with van der Waals surface area (Å²) in [6, 6.07) is 3.14. The summed E-state index contributed by atoms with van der Waals surface area (Å²) in [5, 5.41) is 9.78. The summed E-state index contributed by atoms with van der Waals surface area (Å²) >= 11 is 0. The topological polar surface area (TPSA) is 85.2 Å². The Morgan fingerprint density at radius 2 is 2.40 bits per heavy atom. The van der Waals surface area contributed by atoms with Crippen LogP contribution in [-0.2, 0) is 0 Å². The molecule has 15 heavy (non-hydrogen) atoms. The summed E-state index contributed by atoms with van der Waals surface area (Å²) in [4.78, 5) is 8.09. The van der Waals surface area contributed by atoms with Crippen LogP contribution in [0.2, 0.25) is 0 Å². The van der Waals surface area contributed by atoms with Gasteiger partial charge in [-0.3, -0.25) is 0 Å². The molecular formula is C10H13N3O2. The summed E-state index contributed by atoms with van der Waals surface area (Å²) in [7, 11) is 0. The highest BCUT2D eigenvalue weighted by atomic mass is 16.4. The van der Waals surface area contributed by atoms with Gasteiger partial charge in [-0.05, 0) is 18.6 Å². The molecule has 0 aliphatic heterocycles. The van der Waals surface area contributed by atoms with E-state index >= 15 is 0 Å². The van der Waals surface area contributed by atoms with Gasteiger partial charge in [0.25, 0.3) is 0 Å².